The summed E-state index contributed by atoms with van der Waals surface area (Å²) in [5.41, 5.74) is 0.801. The Hall–Kier alpha value is 1.00. The third kappa shape index (κ3) is 8.52. The number of allylic oxidation sites excluding steroid dienone is 4. The van der Waals surface area contributed by atoms with Gasteiger partial charge in [-0.25, -0.2) is 0 Å². The summed E-state index contributed by atoms with van der Waals surface area (Å²) in [6.45, 7) is 20.9. The van der Waals surface area contributed by atoms with Gasteiger partial charge in [-0.1, -0.05) is 0 Å². The summed E-state index contributed by atoms with van der Waals surface area (Å²) in [5.74, 6) is 1.76. The van der Waals surface area contributed by atoms with Crippen molar-refractivity contribution in [2.75, 3.05) is 12.3 Å². The van der Waals surface area contributed by atoms with Gasteiger partial charge < -0.3 is 0 Å². The minimum atomic E-state index is -1.39. The van der Waals surface area contributed by atoms with Crippen LogP contribution in [0.25, 0.3) is 0 Å². The molecule has 0 aromatic carbocycles. The van der Waals surface area contributed by atoms with E-state index in [4.69, 9.17) is 0 Å². The fraction of sp³-hybridized carbons (Fsp3) is 0.867. The van der Waals surface area contributed by atoms with Crippen molar-refractivity contribution < 1.29 is 17.0 Å². The van der Waals surface area contributed by atoms with E-state index >= 15 is 0 Å². The first kappa shape index (κ1) is 30.2. The van der Waals surface area contributed by atoms with E-state index in [0.29, 0.717) is 0 Å². The Morgan fingerprint density at radius 3 is 1.12 bits per heavy atom. The first-order valence-corrected chi connectivity index (χ1v) is 23.6. The predicted octanol–water partition coefficient (Wildman–Crippen LogP) is 10.3. The van der Waals surface area contributed by atoms with E-state index in [9.17, 15) is 0 Å². The fourth-order valence-corrected chi connectivity index (χ4v) is 49.9. The Balaban J connectivity index is 2.26. The summed E-state index contributed by atoms with van der Waals surface area (Å²) in [7, 11) is 0. The van der Waals surface area contributed by atoms with Crippen molar-refractivity contribution in [1.82, 2.24) is 0 Å². The first-order chi connectivity index (χ1) is 15.6. The van der Waals surface area contributed by atoms with E-state index < -0.39 is 10.9 Å². The zero-order valence-electron chi connectivity index (χ0n) is 23.6. The Morgan fingerprint density at radius 1 is 0.545 bits per heavy atom. The van der Waals surface area contributed by atoms with E-state index in [1.54, 1.807) is 0 Å². The third-order valence-electron chi connectivity index (χ3n) is 8.94. The maximum absolute atomic E-state index is 2.72. The van der Waals surface area contributed by atoms with Crippen molar-refractivity contribution in [3.05, 3.63) is 24.3 Å². The zero-order valence-corrected chi connectivity index (χ0v) is 27.1. The van der Waals surface area contributed by atoms with E-state index in [2.05, 4.69) is 79.7 Å². The number of rotatable bonds is 12. The van der Waals surface area contributed by atoms with Gasteiger partial charge in [0.25, 0.3) is 0 Å². The van der Waals surface area contributed by atoms with Crippen molar-refractivity contribution >= 4 is 10.9 Å². The molecule has 0 saturated heterocycles. The Bertz CT molecular complexity index is 524. The van der Waals surface area contributed by atoms with Gasteiger partial charge in [0.15, 0.2) is 0 Å². The van der Waals surface area contributed by atoms with Gasteiger partial charge in [0.05, 0.1) is 0 Å². The zero-order chi connectivity index (χ0) is 24.5. The van der Waals surface area contributed by atoms with Crippen molar-refractivity contribution in [3.8, 4) is 0 Å². The molecule has 0 amide bonds. The molecule has 2 aliphatic rings. The van der Waals surface area contributed by atoms with Crippen LogP contribution in [-0.4, -0.2) is 35.0 Å². The van der Waals surface area contributed by atoms with Crippen LogP contribution in [0, 0.1) is 11.8 Å². The molecule has 0 heterocycles. The summed E-state index contributed by atoms with van der Waals surface area (Å²) in [4.78, 5) is 0. The van der Waals surface area contributed by atoms with Crippen LogP contribution in [0.1, 0.15) is 120 Å². The molecule has 200 valence electrons. The van der Waals surface area contributed by atoms with Gasteiger partial charge in [-0.05, 0) is 0 Å². The molecule has 33 heavy (non-hydrogen) atoms. The van der Waals surface area contributed by atoms with Crippen LogP contribution in [-0.2, 0) is 17.0 Å². The standard InChI is InChI=1S/2C15H29P.Pd/c2*1-13(2)16(14(3)4)12-8-11-15-9-6-5-7-10-15;/h2*8,11,13-15H,5-7,9-10,12H2,1-4H3;/q;;-2/p+2. The van der Waals surface area contributed by atoms with Crippen molar-refractivity contribution in [2.24, 2.45) is 11.8 Å². The van der Waals surface area contributed by atoms with E-state index in [0.717, 1.165) is 51.5 Å². The summed E-state index contributed by atoms with van der Waals surface area (Å²) < 4.78 is 0. The molecule has 0 N–H and O–H groups in total. The molecule has 0 aromatic heterocycles. The van der Waals surface area contributed by atoms with Gasteiger partial charge in [-0.2, -0.15) is 0 Å². The van der Waals surface area contributed by atoms with E-state index in [1.807, 2.05) is 0 Å². The van der Waals surface area contributed by atoms with Gasteiger partial charge in [-0.3, -0.25) is 0 Å². The van der Waals surface area contributed by atoms with Crippen LogP contribution < -0.4 is 0 Å². The van der Waals surface area contributed by atoms with E-state index in [-0.39, 0.29) is 0 Å². The van der Waals surface area contributed by atoms with Crippen LogP contribution in [0.2, 0.25) is 0 Å². The summed E-state index contributed by atoms with van der Waals surface area (Å²) in [5, 5.41) is 0. The van der Waals surface area contributed by atoms with E-state index in [1.165, 1.54) is 76.5 Å². The van der Waals surface area contributed by atoms with Crippen molar-refractivity contribution in [1.29, 1.82) is 0 Å². The molecule has 0 aliphatic heterocycles. The number of hydrogen-bond donors (Lipinski definition) is 0. The molecule has 0 aromatic rings. The fourth-order valence-electron chi connectivity index (χ4n) is 6.50. The predicted molar refractivity (Wildman–Crippen MR) is 158 cm³/mol. The molecule has 0 radical (unpaired) electrons. The SMILES string of the molecule is CC(C)[PH](CC=CC1CCCCC1)([Pd][PH](CC=CC1CCCCC1)(C(C)C)C(C)C)C(C)C. The molecular formula is C30H60P2Pd. The summed E-state index contributed by atoms with van der Waals surface area (Å²) in [6, 6.07) is 0. The first-order valence-electron chi connectivity index (χ1n) is 14.6. The minimum absolute atomic E-state index is 0.881. The molecule has 2 rings (SSSR count). The average Bonchev–Trinajstić information content (AvgIpc) is 2.78. The molecule has 2 aliphatic carbocycles. The summed E-state index contributed by atoms with van der Waals surface area (Å²) >= 11 is 1.01. The monoisotopic (exact) mass is 588 g/mol. The molecule has 0 spiro atoms. The molecule has 2 fully saturated rings. The maximum atomic E-state index is 2.72. The van der Waals surface area contributed by atoms with Crippen molar-refractivity contribution in [2.45, 2.75) is 142 Å². The quantitative estimate of drug-likeness (QED) is 0.121. The van der Waals surface area contributed by atoms with Gasteiger partial charge in [0.2, 0.25) is 0 Å². The molecule has 0 nitrogen and oxygen atoms in total. The van der Waals surface area contributed by atoms with Gasteiger partial charge >= 0.3 is 219 Å². The van der Waals surface area contributed by atoms with Crippen LogP contribution in [0.3, 0.4) is 0 Å². The Kier molecular flexibility index (Phi) is 13.4. The second-order valence-corrected chi connectivity index (χ2v) is 34.2. The van der Waals surface area contributed by atoms with Gasteiger partial charge in [0.1, 0.15) is 0 Å². The Labute approximate surface area is 217 Å². The van der Waals surface area contributed by atoms with Crippen molar-refractivity contribution in [3.63, 3.8) is 0 Å². The molecular weight excluding hydrogens is 529 g/mol. The molecule has 0 bridgehead atoms. The number of hydrogen-bond acceptors (Lipinski definition) is 0. The molecule has 2 saturated carbocycles. The van der Waals surface area contributed by atoms with Crippen LogP contribution >= 0.6 is 10.9 Å². The normalized spacial score (nSPS) is 21.6. The molecule has 3 heteroatoms. The van der Waals surface area contributed by atoms with Gasteiger partial charge in [-0.15, -0.1) is 0 Å². The van der Waals surface area contributed by atoms with Crippen LogP contribution in [0.15, 0.2) is 24.3 Å². The van der Waals surface area contributed by atoms with Crippen LogP contribution in [0.4, 0.5) is 0 Å². The molecule has 0 atom stereocenters. The molecule has 0 unspecified atom stereocenters. The summed E-state index contributed by atoms with van der Waals surface area (Å²) in [6.07, 6.45) is 28.2. The third-order valence-corrected chi connectivity index (χ3v) is 46.1. The second-order valence-electron chi connectivity index (χ2n) is 12.5. The second kappa shape index (κ2) is 14.7. The van der Waals surface area contributed by atoms with Crippen LogP contribution in [0.5, 0.6) is 0 Å². The average molecular weight is 589 g/mol. The Morgan fingerprint density at radius 2 is 0.848 bits per heavy atom. The topological polar surface area (TPSA) is 0 Å². The van der Waals surface area contributed by atoms with Gasteiger partial charge in [0, 0.05) is 0 Å².